The highest BCUT2D eigenvalue weighted by Crippen LogP contribution is 2.46. The Morgan fingerprint density at radius 2 is 2.10 bits per heavy atom. The first-order valence-electron chi connectivity index (χ1n) is 17.0. The average Bonchev–Trinajstić information content (AvgIpc) is 3.94. The molecule has 2 aromatic carbocycles. The number of aromatic nitrogens is 5. The number of amides is 1. The summed E-state index contributed by atoms with van der Waals surface area (Å²) in [6.07, 6.45) is 4.25. The van der Waals surface area contributed by atoms with Crippen molar-refractivity contribution < 1.29 is 22.7 Å². The molecule has 270 valence electrons. The second-order valence-electron chi connectivity index (χ2n) is 13.9. The maximum absolute atomic E-state index is 17.1. The first-order valence-corrected chi connectivity index (χ1v) is 18.2. The third-order valence-corrected chi connectivity index (χ3v) is 11.8. The van der Waals surface area contributed by atoms with Crippen LogP contribution in [0.25, 0.3) is 32.1 Å². The highest BCUT2D eigenvalue weighted by molar-refractivity contribution is 7.23. The van der Waals surface area contributed by atoms with Crippen LogP contribution in [0.5, 0.6) is 6.01 Å². The van der Waals surface area contributed by atoms with Gasteiger partial charge in [-0.3, -0.25) is 4.90 Å². The van der Waals surface area contributed by atoms with E-state index in [0.717, 1.165) is 30.7 Å². The number of fused-ring (bicyclic) bond motifs is 3. The first kappa shape index (κ1) is 34.4. The molecule has 1 unspecified atom stereocenters. The number of carbonyl (C=O) groups excluding carboxylic acids is 1. The SMILES string of the molecule is CC(C)N(C(=O)n1cncn1)C1CCN(c2nc(OC[C@@]34CCCN3C[C@H](F)C4)nc3c(F)c(-c4ccc(F)c5sc(N)c(C#N)c45)c(Cl)cc23)C1. The topological polar surface area (TPSA) is 142 Å². The zero-order valence-electron chi connectivity index (χ0n) is 28.3. The Hall–Kier alpha value is -4.72. The number of ether oxygens (including phenoxy) is 1. The molecule has 3 fully saturated rings. The summed E-state index contributed by atoms with van der Waals surface area (Å²) in [6, 6.07) is 5.30. The normalized spacial score (nSPS) is 21.8. The second kappa shape index (κ2) is 13.0. The van der Waals surface area contributed by atoms with Crippen molar-refractivity contribution in [2.45, 2.75) is 63.3 Å². The molecule has 3 atom stereocenters. The lowest BCUT2D eigenvalue weighted by atomic mass is 9.95. The minimum atomic E-state index is -0.971. The minimum absolute atomic E-state index is 0.00793. The summed E-state index contributed by atoms with van der Waals surface area (Å²) in [5.74, 6) is -1.06. The molecule has 0 bridgehead atoms. The van der Waals surface area contributed by atoms with Gasteiger partial charge in [0.05, 0.1) is 26.9 Å². The fraction of sp³-hybridized carbons (Fsp3) is 0.429. The zero-order valence-corrected chi connectivity index (χ0v) is 29.9. The van der Waals surface area contributed by atoms with Gasteiger partial charge in [-0.25, -0.2) is 22.9 Å². The van der Waals surface area contributed by atoms with Crippen molar-refractivity contribution in [3.63, 3.8) is 0 Å². The number of alkyl halides is 1. The van der Waals surface area contributed by atoms with Gasteiger partial charge in [0.2, 0.25) is 0 Å². The first-order chi connectivity index (χ1) is 25.0. The van der Waals surface area contributed by atoms with Crippen LogP contribution in [0.15, 0.2) is 30.9 Å². The highest BCUT2D eigenvalue weighted by atomic mass is 35.5. The third-order valence-electron chi connectivity index (χ3n) is 10.5. The van der Waals surface area contributed by atoms with E-state index in [0.29, 0.717) is 43.7 Å². The molecule has 3 saturated heterocycles. The van der Waals surface area contributed by atoms with Gasteiger partial charge in [-0.15, -0.1) is 11.3 Å². The Labute approximate surface area is 305 Å². The fourth-order valence-corrected chi connectivity index (χ4v) is 9.50. The number of hydrogen-bond acceptors (Lipinski definition) is 11. The van der Waals surface area contributed by atoms with Crippen LogP contribution < -0.4 is 15.4 Å². The van der Waals surface area contributed by atoms with Gasteiger partial charge in [0.25, 0.3) is 0 Å². The molecule has 5 aromatic rings. The van der Waals surface area contributed by atoms with Gasteiger partial charge in [0, 0.05) is 48.4 Å². The summed E-state index contributed by atoms with van der Waals surface area (Å²) in [7, 11) is 0. The molecular formula is C35H34ClF3N10O2S. The van der Waals surface area contributed by atoms with E-state index in [1.165, 1.54) is 29.5 Å². The van der Waals surface area contributed by atoms with Crippen LogP contribution in [-0.4, -0.2) is 97.1 Å². The summed E-state index contributed by atoms with van der Waals surface area (Å²) in [6.45, 7) is 5.87. The molecule has 17 heteroatoms. The van der Waals surface area contributed by atoms with Gasteiger partial charge in [-0.2, -0.15) is 25.0 Å². The van der Waals surface area contributed by atoms with E-state index in [9.17, 15) is 18.8 Å². The van der Waals surface area contributed by atoms with Crippen molar-refractivity contribution in [3.05, 3.63) is 53.1 Å². The van der Waals surface area contributed by atoms with Crippen LogP contribution in [0.2, 0.25) is 5.02 Å². The van der Waals surface area contributed by atoms with Gasteiger partial charge < -0.3 is 20.3 Å². The van der Waals surface area contributed by atoms with E-state index < -0.39 is 23.3 Å². The van der Waals surface area contributed by atoms with Gasteiger partial charge in [-0.05, 0) is 57.4 Å². The molecule has 1 amide bonds. The zero-order chi connectivity index (χ0) is 36.5. The minimum Gasteiger partial charge on any atom is -0.461 e. The smallest absolute Gasteiger partial charge is 0.346 e. The van der Waals surface area contributed by atoms with E-state index in [1.54, 1.807) is 11.0 Å². The number of thiophene rings is 1. The van der Waals surface area contributed by atoms with Crippen LogP contribution >= 0.6 is 22.9 Å². The second-order valence-corrected chi connectivity index (χ2v) is 15.4. The number of nitrogen functional groups attached to an aromatic ring is 1. The lowest BCUT2D eigenvalue weighted by Crippen LogP contribution is -2.48. The largest absolute Gasteiger partial charge is 0.461 e. The Balaban J connectivity index is 1.24. The van der Waals surface area contributed by atoms with Gasteiger partial charge in [0.15, 0.2) is 5.82 Å². The van der Waals surface area contributed by atoms with Crippen LogP contribution in [0.1, 0.15) is 45.1 Å². The summed E-state index contributed by atoms with van der Waals surface area (Å²) in [5, 5.41) is 14.5. The van der Waals surface area contributed by atoms with E-state index in [4.69, 9.17) is 27.1 Å². The predicted molar refractivity (Wildman–Crippen MR) is 191 cm³/mol. The van der Waals surface area contributed by atoms with E-state index >= 15 is 4.39 Å². The van der Waals surface area contributed by atoms with Crippen molar-refractivity contribution >= 4 is 60.8 Å². The van der Waals surface area contributed by atoms with E-state index in [1.807, 2.05) is 24.8 Å². The predicted octanol–water partition coefficient (Wildman–Crippen LogP) is 6.40. The number of nitrogens with two attached hydrogens (primary N) is 1. The highest BCUT2D eigenvalue weighted by Gasteiger charge is 2.49. The van der Waals surface area contributed by atoms with E-state index in [-0.39, 0.29) is 73.0 Å². The van der Waals surface area contributed by atoms with Gasteiger partial charge in [-0.1, -0.05) is 17.7 Å². The quantitative estimate of drug-likeness (QED) is 0.199. The lowest BCUT2D eigenvalue weighted by molar-refractivity contribution is 0.107. The average molecular weight is 751 g/mol. The molecule has 3 aliphatic heterocycles. The Morgan fingerprint density at radius 3 is 2.85 bits per heavy atom. The summed E-state index contributed by atoms with van der Waals surface area (Å²) in [4.78, 5) is 32.5. The molecule has 6 heterocycles. The van der Waals surface area contributed by atoms with Gasteiger partial charge >= 0.3 is 12.0 Å². The molecule has 2 N–H and O–H groups in total. The van der Waals surface area contributed by atoms with Crippen molar-refractivity contribution in [3.8, 4) is 23.2 Å². The number of anilines is 2. The molecule has 0 aliphatic carbocycles. The Bertz CT molecular complexity index is 2260. The van der Waals surface area contributed by atoms with Crippen LogP contribution in [0.4, 0.5) is 28.8 Å². The number of carbonyl (C=O) groups is 1. The maximum atomic E-state index is 17.1. The lowest BCUT2D eigenvalue weighted by Gasteiger charge is -2.32. The van der Waals surface area contributed by atoms with Crippen LogP contribution in [0, 0.1) is 23.0 Å². The number of halogens is 4. The standard InChI is InChI=1S/C35H34ClF3N10O2S/c1-18(2)49(34(50)48-17-42-16-43-48)20-6-9-46(14-20)32-22-10-24(36)27(21-4-5-25(38)30-26(21)23(12-40)31(41)52-30)28(39)29(22)44-33(45-32)51-15-35-7-3-8-47(35)13-19(37)11-35/h4-5,10,16-20H,3,6-9,11,13-15,41H2,1-2H3/t19-,20?,35+/m1/s1. The number of hydrogen-bond donors (Lipinski definition) is 1. The molecule has 0 radical (unpaired) electrons. The molecule has 12 nitrogen and oxygen atoms in total. The summed E-state index contributed by atoms with van der Waals surface area (Å²) < 4.78 is 54.2. The van der Waals surface area contributed by atoms with E-state index in [2.05, 4.69) is 20.0 Å². The summed E-state index contributed by atoms with van der Waals surface area (Å²) >= 11 is 7.79. The molecule has 0 saturated carbocycles. The number of benzene rings is 2. The van der Waals surface area contributed by atoms with Crippen molar-refractivity contribution in [2.24, 2.45) is 0 Å². The molecule has 8 rings (SSSR count). The monoisotopic (exact) mass is 750 g/mol. The molecule has 52 heavy (non-hydrogen) atoms. The van der Waals surface area contributed by atoms with Crippen molar-refractivity contribution in [1.82, 2.24) is 34.5 Å². The van der Waals surface area contributed by atoms with Crippen LogP contribution in [-0.2, 0) is 0 Å². The van der Waals surface area contributed by atoms with Crippen LogP contribution in [0.3, 0.4) is 0 Å². The molecular weight excluding hydrogens is 717 g/mol. The molecule has 3 aliphatic rings. The number of nitriles is 1. The third kappa shape index (κ3) is 5.57. The molecule has 3 aromatic heterocycles. The number of nitrogens with zero attached hydrogens (tertiary/aromatic N) is 9. The maximum Gasteiger partial charge on any atom is 0.346 e. The molecule has 0 spiro atoms. The Morgan fingerprint density at radius 1 is 1.27 bits per heavy atom. The number of rotatable bonds is 7. The van der Waals surface area contributed by atoms with Crippen molar-refractivity contribution in [1.29, 1.82) is 5.26 Å². The Kier molecular flexibility index (Phi) is 8.62. The van der Waals surface area contributed by atoms with Crippen molar-refractivity contribution in [2.75, 3.05) is 43.4 Å². The summed E-state index contributed by atoms with van der Waals surface area (Å²) in [5.41, 5.74) is 5.61. The fourth-order valence-electron chi connectivity index (χ4n) is 8.25. The van der Waals surface area contributed by atoms with Gasteiger partial charge in [0.1, 0.15) is 53.7 Å².